The van der Waals surface area contributed by atoms with Gasteiger partial charge >= 0.3 is 0 Å². The number of halogens is 2. The zero-order valence-corrected chi connectivity index (χ0v) is 14.0. The number of hydrogen-bond acceptors (Lipinski definition) is 2. The van der Waals surface area contributed by atoms with E-state index in [0.717, 1.165) is 17.5 Å². The van der Waals surface area contributed by atoms with E-state index in [0.29, 0.717) is 27.7 Å². The lowest BCUT2D eigenvalue weighted by molar-refractivity contribution is -0.114. The van der Waals surface area contributed by atoms with Crippen LogP contribution in [0.3, 0.4) is 0 Å². The van der Waals surface area contributed by atoms with Gasteiger partial charge in [0.25, 0.3) is 0 Å². The highest BCUT2D eigenvalue weighted by Crippen LogP contribution is 2.39. The number of carbonyl (C=O) groups excluding carboxylic acids is 2. The van der Waals surface area contributed by atoms with Crippen LogP contribution in [0.5, 0.6) is 0 Å². The maximum atomic E-state index is 12.3. The molecular weight excluding hydrogens is 333 g/mol. The van der Waals surface area contributed by atoms with Crippen molar-refractivity contribution in [2.45, 2.75) is 25.7 Å². The Hall–Kier alpha value is -1.84. The van der Waals surface area contributed by atoms with Crippen LogP contribution in [-0.2, 0) is 4.79 Å². The molecular formula is C18H15Cl2NO2. The lowest BCUT2D eigenvalue weighted by atomic mass is 9.78. The highest BCUT2D eigenvalue weighted by atomic mass is 35.5. The van der Waals surface area contributed by atoms with Crippen molar-refractivity contribution in [2.24, 2.45) is 0 Å². The van der Waals surface area contributed by atoms with Gasteiger partial charge in [-0.05, 0) is 41.8 Å². The van der Waals surface area contributed by atoms with Crippen LogP contribution < -0.4 is 5.32 Å². The lowest BCUT2D eigenvalue weighted by Crippen LogP contribution is -2.17. The van der Waals surface area contributed by atoms with Crippen molar-refractivity contribution in [3.8, 4) is 0 Å². The molecule has 0 heterocycles. The normalized spacial score (nSPS) is 16.8. The van der Waals surface area contributed by atoms with E-state index < -0.39 is 0 Å². The monoisotopic (exact) mass is 347 g/mol. The summed E-state index contributed by atoms with van der Waals surface area (Å²) in [4.78, 5) is 23.5. The molecule has 1 aliphatic rings. The van der Waals surface area contributed by atoms with Gasteiger partial charge in [-0.3, -0.25) is 9.59 Å². The summed E-state index contributed by atoms with van der Waals surface area (Å²) in [5.74, 6) is 0.0431. The number of fused-ring (bicyclic) bond motifs is 1. The number of anilines is 1. The Labute approximate surface area is 144 Å². The molecule has 1 atom stereocenters. The van der Waals surface area contributed by atoms with Crippen molar-refractivity contribution < 1.29 is 9.59 Å². The summed E-state index contributed by atoms with van der Waals surface area (Å²) in [5.41, 5.74) is 3.31. The van der Waals surface area contributed by atoms with Crippen LogP contribution >= 0.6 is 23.2 Å². The SMILES string of the molecule is CC(=O)Nc1ccc2c(c1)C(=O)CCC2c1ccc(Cl)c(Cl)c1. The van der Waals surface area contributed by atoms with Crippen LogP contribution in [0.2, 0.25) is 10.0 Å². The van der Waals surface area contributed by atoms with Crippen LogP contribution in [-0.4, -0.2) is 11.7 Å². The number of Topliss-reactive ketones (excluding diaryl/α,β-unsaturated/α-hetero) is 1. The van der Waals surface area contributed by atoms with E-state index >= 15 is 0 Å². The van der Waals surface area contributed by atoms with Crippen molar-refractivity contribution in [3.63, 3.8) is 0 Å². The average Bonchev–Trinajstić information content (AvgIpc) is 2.50. The summed E-state index contributed by atoms with van der Waals surface area (Å²) in [7, 11) is 0. The fourth-order valence-corrected chi connectivity index (χ4v) is 3.33. The van der Waals surface area contributed by atoms with Crippen molar-refractivity contribution in [2.75, 3.05) is 5.32 Å². The standard InChI is InChI=1S/C18H15Cl2NO2/c1-10(22)21-12-3-4-14-13(5-7-18(23)15(14)9-12)11-2-6-16(19)17(20)8-11/h2-4,6,8-9,13H,5,7H2,1H3,(H,21,22). The van der Waals surface area contributed by atoms with E-state index in [1.165, 1.54) is 6.92 Å². The van der Waals surface area contributed by atoms with E-state index in [2.05, 4.69) is 5.32 Å². The molecule has 0 saturated heterocycles. The molecule has 0 spiro atoms. The molecule has 0 fully saturated rings. The molecule has 0 radical (unpaired) electrons. The van der Waals surface area contributed by atoms with Crippen LogP contribution in [0.25, 0.3) is 0 Å². The topological polar surface area (TPSA) is 46.2 Å². The number of benzene rings is 2. The minimum absolute atomic E-state index is 0.100. The Kier molecular flexibility index (Phi) is 4.42. The summed E-state index contributed by atoms with van der Waals surface area (Å²) < 4.78 is 0. The molecule has 2 aromatic carbocycles. The smallest absolute Gasteiger partial charge is 0.221 e. The molecule has 0 bridgehead atoms. The van der Waals surface area contributed by atoms with Gasteiger partial charge in [0.05, 0.1) is 10.0 Å². The predicted octanol–water partition coefficient (Wildman–Crippen LogP) is 5.06. The minimum atomic E-state index is -0.158. The summed E-state index contributed by atoms with van der Waals surface area (Å²) in [6.45, 7) is 1.44. The molecule has 3 nitrogen and oxygen atoms in total. The second-order valence-corrected chi connectivity index (χ2v) is 6.49. The number of hydrogen-bond donors (Lipinski definition) is 1. The van der Waals surface area contributed by atoms with Gasteiger partial charge in [-0.2, -0.15) is 0 Å². The van der Waals surface area contributed by atoms with Crippen molar-refractivity contribution in [1.29, 1.82) is 0 Å². The van der Waals surface area contributed by atoms with Gasteiger partial charge in [-0.15, -0.1) is 0 Å². The fourth-order valence-electron chi connectivity index (χ4n) is 3.02. The first-order valence-electron chi connectivity index (χ1n) is 7.35. The Morgan fingerprint density at radius 1 is 1.13 bits per heavy atom. The predicted molar refractivity (Wildman–Crippen MR) is 92.6 cm³/mol. The summed E-state index contributed by atoms with van der Waals surface area (Å²) in [6.07, 6.45) is 1.21. The van der Waals surface area contributed by atoms with Crippen LogP contribution in [0.1, 0.15) is 47.2 Å². The van der Waals surface area contributed by atoms with Crippen LogP contribution in [0.4, 0.5) is 5.69 Å². The molecule has 5 heteroatoms. The Morgan fingerprint density at radius 3 is 2.61 bits per heavy atom. The number of carbonyl (C=O) groups is 2. The van der Waals surface area contributed by atoms with Crippen molar-refractivity contribution in [3.05, 3.63) is 63.1 Å². The summed E-state index contributed by atoms with van der Waals surface area (Å²) in [6, 6.07) is 11.1. The van der Waals surface area contributed by atoms with E-state index in [4.69, 9.17) is 23.2 Å². The third-order valence-electron chi connectivity index (χ3n) is 4.06. The maximum absolute atomic E-state index is 12.3. The van der Waals surface area contributed by atoms with Gasteiger partial charge in [0, 0.05) is 30.5 Å². The largest absolute Gasteiger partial charge is 0.326 e. The summed E-state index contributed by atoms with van der Waals surface area (Å²) >= 11 is 12.1. The zero-order valence-electron chi connectivity index (χ0n) is 12.5. The molecule has 2 aromatic rings. The Morgan fingerprint density at radius 2 is 1.91 bits per heavy atom. The van der Waals surface area contributed by atoms with E-state index in [1.807, 2.05) is 24.3 Å². The molecule has 0 aliphatic heterocycles. The van der Waals surface area contributed by atoms with Gasteiger partial charge in [0.2, 0.25) is 5.91 Å². The highest BCUT2D eigenvalue weighted by molar-refractivity contribution is 6.42. The number of nitrogens with one attached hydrogen (secondary N) is 1. The first kappa shape index (κ1) is 16.0. The minimum Gasteiger partial charge on any atom is -0.326 e. The van der Waals surface area contributed by atoms with E-state index in [9.17, 15) is 9.59 Å². The van der Waals surface area contributed by atoms with E-state index in [-0.39, 0.29) is 17.6 Å². The van der Waals surface area contributed by atoms with Gasteiger partial charge in [-0.25, -0.2) is 0 Å². The molecule has 1 amide bonds. The van der Waals surface area contributed by atoms with Gasteiger partial charge in [0.15, 0.2) is 5.78 Å². The molecule has 23 heavy (non-hydrogen) atoms. The molecule has 1 aliphatic carbocycles. The number of rotatable bonds is 2. The van der Waals surface area contributed by atoms with Gasteiger partial charge < -0.3 is 5.32 Å². The Bertz CT molecular complexity index is 802. The van der Waals surface area contributed by atoms with Crippen LogP contribution in [0.15, 0.2) is 36.4 Å². The number of ketones is 1. The lowest BCUT2D eigenvalue weighted by Gasteiger charge is -2.26. The van der Waals surface area contributed by atoms with Gasteiger partial charge in [0.1, 0.15) is 0 Å². The second-order valence-electron chi connectivity index (χ2n) is 5.67. The Balaban J connectivity index is 2.03. The molecule has 1 N–H and O–H groups in total. The molecule has 0 saturated carbocycles. The third kappa shape index (κ3) is 3.26. The summed E-state index contributed by atoms with van der Waals surface area (Å²) in [5, 5.41) is 3.75. The first-order chi connectivity index (χ1) is 11.0. The maximum Gasteiger partial charge on any atom is 0.221 e. The highest BCUT2D eigenvalue weighted by Gasteiger charge is 2.27. The zero-order chi connectivity index (χ0) is 16.6. The van der Waals surface area contributed by atoms with Crippen molar-refractivity contribution in [1.82, 2.24) is 0 Å². The molecule has 0 aromatic heterocycles. The first-order valence-corrected chi connectivity index (χ1v) is 8.11. The third-order valence-corrected chi connectivity index (χ3v) is 4.79. The van der Waals surface area contributed by atoms with Crippen LogP contribution in [0, 0.1) is 0 Å². The second kappa shape index (κ2) is 6.34. The fraction of sp³-hybridized carbons (Fsp3) is 0.222. The van der Waals surface area contributed by atoms with Gasteiger partial charge in [-0.1, -0.05) is 35.3 Å². The average molecular weight is 348 g/mol. The quantitative estimate of drug-likeness (QED) is 0.825. The number of amides is 1. The molecule has 1 unspecified atom stereocenters. The molecule has 3 rings (SSSR count). The molecule has 118 valence electrons. The van der Waals surface area contributed by atoms with E-state index in [1.54, 1.807) is 12.1 Å². The van der Waals surface area contributed by atoms with Crippen molar-refractivity contribution >= 4 is 40.6 Å².